The van der Waals surface area contributed by atoms with E-state index in [-0.39, 0.29) is 10.6 Å². The molecule has 160 valence electrons. The van der Waals surface area contributed by atoms with E-state index in [1.54, 1.807) is 12.1 Å². The summed E-state index contributed by atoms with van der Waals surface area (Å²) in [5.74, 6) is 0.839. The van der Waals surface area contributed by atoms with Gasteiger partial charge in [-0.25, -0.2) is 0 Å². The quantitative estimate of drug-likeness (QED) is 0.285. The van der Waals surface area contributed by atoms with E-state index in [4.69, 9.17) is 4.18 Å². The zero-order valence-corrected chi connectivity index (χ0v) is 18.3. The minimum atomic E-state index is -0.361. The zero-order chi connectivity index (χ0) is 21.6. The molecule has 0 N–H and O–H groups in total. The fraction of sp³-hybridized carbons (Fsp3) is 0.250. The van der Waals surface area contributed by atoms with Crippen LogP contribution in [0, 0.1) is 17.0 Å². The van der Waals surface area contributed by atoms with Crippen molar-refractivity contribution in [3.05, 3.63) is 94.0 Å². The van der Waals surface area contributed by atoms with Gasteiger partial charge in [-0.2, -0.15) is 0 Å². The van der Waals surface area contributed by atoms with E-state index in [1.165, 1.54) is 23.3 Å². The number of nitrogens with zero attached hydrogens (tertiary/aromatic N) is 3. The molecule has 1 heterocycles. The van der Waals surface area contributed by atoms with Crippen LogP contribution in [0.4, 0.5) is 11.4 Å². The number of hydrogen-bond donors (Lipinski definition) is 0. The Morgan fingerprint density at radius 1 is 0.903 bits per heavy atom. The van der Waals surface area contributed by atoms with Crippen LogP contribution in [0.15, 0.2) is 77.7 Å². The van der Waals surface area contributed by atoms with Crippen molar-refractivity contribution in [2.75, 3.05) is 31.1 Å². The number of piperazine rings is 1. The maximum absolute atomic E-state index is 10.8. The number of non-ortho nitro benzene ring substituents is 1. The molecule has 1 aliphatic heterocycles. The van der Waals surface area contributed by atoms with Gasteiger partial charge in [0.2, 0.25) is 0 Å². The molecule has 6 nitrogen and oxygen atoms in total. The van der Waals surface area contributed by atoms with E-state index in [1.807, 2.05) is 24.3 Å². The molecule has 0 unspecified atom stereocenters. The van der Waals surface area contributed by atoms with Crippen LogP contribution in [0.25, 0.3) is 0 Å². The van der Waals surface area contributed by atoms with Gasteiger partial charge in [0.1, 0.15) is 5.75 Å². The van der Waals surface area contributed by atoms with Crippen LogP contribution in [0.1, 0.15) is 11.1 Å². The molecule has 0 radical (unpaired) electrons. The highest BCUT2D eigenvalue weighted by atomic mass is 32.2. The summed E-state index contributed by atoms with van der Waals surface area (Å²) in [7, 11) is 0. The molecule has 0 spiro atoms. The average Bonchev–Trinajstić information content (AvgIpc) is 2.80. The first-order valence-electron chi connectivity index (χ1n) is 10.3. The predicted molar refractivity (Wildman–Crippen MR) is 125 cm³/mol. The van der Waals surface area contributed by atoms with Crippen LogP contribution >= 0.6 is 12.0 Å². The Balaban J connectivity index is 1.25. The van der Waals surface area contributed by atoms with Crippen LogP contribution in [0.5, 0.6) is 5.75 Å². The number of nitro groups is 1. The third-order valence-corrected chi connectivity index (χ3v) is 6.12. The third kappa shape index (κ3) is 5.77. The van der Waals surface area contributed by atoms with Crippen molar-refractivity contribution in [1.29, 1.82) is 0 Å². The third-order valence-electron chi connectivity index (χ3n) is 5.38. The van der Waals surface area contributed by atoms with Crippen molar-refractivity contribution in [2.24, 2.45) is 0 Å². The molecule has 4 rings (SSSR count). The van der Waals surface area contributed by atoms with Crippen LogP contribution in [0.3, 0.4) is 0 Å². The molecule has 0 atom stereocenters. The number of hydrogen-bond acceptors (Lipinski definition) is 6. The van der Waals surface area contributed by atoms with Gasteiger partial charge in [-0.1, -0.05) is 29.8 Å². The Kier molecular flexibility index (Phi) is 6.74. The smallest absolute Gasteiger partial charge is 0.269 e. The molecule has 1 saturated heterocycles. The van der Waals surface area contributed by atoms with E-state index in [0.717, 1.165) is 48.9 Å². The lowest BCUT2D eigenvalue weighted by Gasteiger charge is -2.36. The van der Waals surface area contributed by atoms with Crippen molar-refractivity contribution in [3.8, 4) is 5.75 Å². The number of benzene rings is 3. The SMILES string of the molecule is Cc1ccc(SOc2ccc(N3CCN(Cc4ccc([N+](=O)[O-])cc4)CC3)cc2)cc1. The molecular formula is C24H25N3O3S. The van der Waals surface area contributed by atoms with Crippen molar-refractivity contribution < 1.29 is 9.11 Å². The summed E-state index contributed by atoms with van der Waals surface area (Å²) in [6, 6.07) is 23.4. The first-order chi connectivity index (χ1) is 15.1. The standard InChI is InChI=1S/C24H25N3O3S/c1-19-2-12-24(13-3-19)31-30-23-10-8-21(9-11-23)26-16-14-25(15-17-26)18-20-4-6-22(7-5-20)27(28)29/h2-13H,14-18H2,1H3. The van der Waals surface area contributed by atoms with E-state index in [9.17, 15) is 10.1 Å². The van der Waals surface area contributed by atoms with Crippen LogP contribution in [0.2, 0.25) is 0 Å². The van der Waals surface area contributed by atoms with Gasteiger partial charge in [-0.15, -0.1) is 0 Å². The van der Waals surface area contributed by atoms with Gasteiger partial charge < -0.3 is 9.08 Å². The molecule has 0 aromatic heterocycles. The highest BCUT2D eigenvalue weighted by Crippen LogP contribution is 2.26. The Bertz CT molecular complexity index is 1000. The van der Waals surface area contributed by atoms with Crippen LogP contribution < -0.4 is 9.08 Å². The molecule has 0 bridgehead atoms. The van der Waals surface area contributed by atoms with Crippen LogP contribution in [-0.4, -0.2) is 36.0 Å². The lowest BCUT2D eigenvalue weighted by molar-refractivity contribution is -0.384. The fourth-order valence-corrected chi connectivity index (χ4v) is 4.10. The summed E-state index contributed by atoms with van der Waals surface area (Å²) in [4.78, 5) is 16.3. The van der Waals surface area contributed by atoms with Crippen molar-refractivity contribution in [3.63, 3.8) is 0 Å². The normalized spacial score (nSPS) is 14.4. The molecule has 1 fully saturated rings. The van der Waals surface area contributed by atoms with Crippen molar-refractivity contribution >= 4 is 23.4 Å². The maximum atomic E-state index is 10.8. The summed E-state index contributed by atoms with van der Waals surface area (Å²) in [5.41, 5.74) is 3.68. The Hall–Kier alpha value is -3.03. The number of rotatable bonds is 7. The molecule has 7 heteroatoms. The molecule has 3 aromatic carbocycles. The van der Waals surface area contributed by atoms with E-state index in [2.05, 4.69) is 53.1 Å². The largest absolute Gasteiger partial charge is 0.421 e. The summed E-state index contributed by atoms with van der Waals surface area (Å²) in [6.45, 7) is 6.70. The fourth-order valence-electron chi connectivity index (χ4n) is 3.55. The Morgan fingerprint density at radius 2 is 1.55 bits per heavy atom. The van der Waals surface area contributed by atoms with E-state index < -0.39 is 0 Å². The summed E-state index contributed by atoms with van der Waals surface area (Å²) in [6.07, 6.45) is 0. The van der Waals surface area contributed by atoms with Gasteiger partial charge in [0.25, 0.3) is 5.69 Å². The van der Waals surface area contributed by atoms with E-state index >= 15 is 0 Å². The molecular weight excluding hydrogens is 410 g/mol. The predicted octanol–water partition coefficient (Wildman–Crippen LogP) is 5.31. The Morgan fingerprint density at radius 3 is 2.16 bits per heavy atom. The lowest BCUT2D eigenvalue weighted by Crippen LogP contribution is -2.45. The summed E-state index contributed by atoms with van der Waals surface area (Å²) >= 11 is 1.37. The van der Waals surface area contributed by atoms with Gasteiger partial charge in [-0.3, -0.25) is 15.0 Å². The highest BCUT2D eigenvalue weighted by molar-refractivity contribution is 7.95. The van der Waals surface area contributed by atoms with Crippen molar-refractivity contribution in [2.45, 2.75) is 18.4 Å². The second kappa shape index (κ2) is 9.85. The summed E-state index contributed by atoms with van der Waals surface area (Å²) < 4.78 is 5.83. The molecule has 1 aliphatic rings. The highest BCUT2D eigenvalue weighted by Gasteiger charge is 2.18. The molecule has 0 amide bonds. The number of nitro benzene ring substituents is 1. The monoisotopic (exact) mass is 435 g/mol. The minimum absolute atomic E-state index is 0.137. The minimum Gasteiger partial charge on any atom is -0.421 e. The number of anilines is 1. The second-order valence-corrected chi connectivity index (χ2v) is 8.47. The topological polar surface area (TPSA) is 58.8 Å². The van der Waals surface area contributed by atoms with Gasteiger partial charge in [0, 0.05) is 55.4 Å². The van der Waals surface area contributed by atoms with Gasteiger partial charge in [0.05, 0.1) is 17.0 Å². The maximum Gasteiger partial charge on any atom is 0.269 e. The zero-order valence-electron chi connectivity index (χ0n) is 17.4. The average molecular weight is 436 g/mol. The Labute approximate surface area is 186 Å². The lowest BCUT2D eigenvalue weighted by atomic mass is 10.1. The first-order valence-corrected chi connectivity index (χ1v) is 11.0. The van der Waals surface area contributed by atoms with Crippen LogP contribution in [-0.2, 0) is 6.54 Å². The molecule has 3 aromatic rings. The van der Waals surface area contributed by atoms with E-state index in [0.29, 0.717) is 0 Å². The van der Waals surface area contributed by atoms with Crippen molar-refractivity contribution in [1.82, 2.24) is 4.90 Å². The van der Waals surface area contributed by atoms with Gasteiger partial charge in [0.15, 0.2) is 0 Å². The molecule has 0 aliphatic carbocycles. The van der Waals surface area contributed by atoms with Gasteiger partial charge >= 0.3 is 0 Å². The number of aryl methyl sites for hydroxylation is 1. The second-order valence-electron chi connectivity index (χ2n) is 7.66. The first kappa shape index (κ1) is 21.2. The van der Waals surface area contributed by atoms with Gasteiger partial charge in [-0.05, 0) is 48.9 Å². The summed E-state index contributed by atoms with van der Waals surface area (Å²) in [5, 5.41) is 10.8. The molecule has 0 saturated carbocycles. The molecule has 31 heavy (non-hydrogen) atoms.